The van der Waals surface area contributed by atoms with Crippen LogP contribution in [0.2, 0.25) is 0 Å². The van der Waals surface area contributed by atoms with Gasteiger partial charge in [-0.1, -0.05) is 0 Å². The fourth-order valence-electron chi connectivity index (χ4n) is 1.70. The average Bonchev–Trinajstić information content (AvgIpc) is 2.45. The van der Waals surface area contributed by atoms with Gasteiger partial charge in [0.15, 0.2) is 11.9 Å². The van der Waals surface area contributed by atoms with Crippen LogP contribution in [-0.2, 0) is 4.74 Å². The zero-order valence-electron chi connectivity index (χ0n) is 12.4. The summed E-state index contributed by atoms with van der Waals surface area (Å²) in [5, 5.41) is 0. The van der Waals surface area contributed by atoms with Crippen LogP contribution in [0, 0.1) is 0 Å². The first-order chi connectivity index (χ1) is 10.2. The first kappa shape index (κ1) is 18.4. The molecule has 2 atom stereocenters. The molecule has 1 aliphatic heterocycles. The van der Waals surface area contributed by atoms with Crippen molar-refractivity contribution < 1.29 is 36.4 Å². The number of hydrogen-bond acceptors (Lipinski definition) is 6. The quantitative estimate of drug-likeness (QED) is 0.611. The summed E-state index contributed by atoms with van der Waals surface area (Å²) in [5.41, 5.74) is 0. The Morgan fingerprint density at radius 3 is 2.00 bits per heavy atom. The van der Waals surface area contributed by atoms with Gasteiger partial charge in [-0.15, -0.1) is 4.98 Å². The summed E-state index contributed by atoms with van der Waals surface area (Å²) in [5.74, 6) is 0.563. The van der Waals surface area contributed by atoms with Crippen molar-refractivity contribution in [1.29, 1.82) is 0 Å². The van der Waals surface area contributed by atoms with Gasteiger partial charge in [-0.05, 0) is 0 Å². The van der Waals surface area contributed by atoms with Crippen molar-refractivity contribution in [3.63, 3.8) is 0 Å². The van der Waals surface area contributed by atoms with E-state index in [4.69, 9.17) is 14.2 Å². The SMILES string of the molecule is COc1nc(OC)nc(C2C[NH+](C)CCO2)n1.F[B-](F)(F)F. The number of rotatable bonds is 3. The van der Waals surface area contributed by atoms with Crippen LogP contribution in [0.1, 0.15) is 11.9 Å². The van der Waals surface area contributed by atoms with Gasteiger partial charge in [-0.25, -0.2) is 0 Å². The van der Waals surface area contributed by atoms with Crippen LogP contribution in [0.4, 0.5) is 17.3 Å². The number of quaternary nitrogens is 1. The third-order valence-electron chi connectivity index (χ3n) is 2.65. The minimum atomic E-state index is -6.00. The minimum absolute atomic E-state index is 0.130. The number of ether oxygens (including phenoxy) is 3. The molecular formula is C10H17BF4N4O3. The smallest absolute Gasteiger partial charge is 0.467 e. The van der Waals surface area contributed by atoms with Crippen LogP contribution in [0.5, 0.6) is 12.0 Å². The first-order valence-electron chi connectivity index (χ1n) is 6.37. The minimum Gasteiger partial charge on any atom is -0.467 e. The van der Waals surface area contributed by atoms with Crippen molar-refractivity contribution >= 4 is 7.25 Å². The fourth-order valence-corrected chi connectivity index (χ4v) is 1.70. The number of methoxy groups -OCH3 is 2. The molecule has 0 spiro atoms. The number of halogens is 4. The Labute approximate surface area is 124 Å². The van der Waals surface area contributed by atoms with Gasteiger partial charge in [0, 0.05) is 0 Å². The number of aromatic nitrogens is 3. The van der Waals surface area contributed by atoms with E-state index in [0.717, 1.165) is 13.1 Å². The first-order valence-corrected chi connectivity index (χ1v) is 6.37. The lowest BCUT2D eigenvalue weighted by molar-refractivity contribution is -0.893. The van der Waals surface area contributed by atoms with Crippen LogP contribution in [0.3, 0.4) is 0 Å². The van der Waals surface area contributed by atoms with E-state index in [2.05, 4.69) is 22.0 Å². The van der Waals surface area contributed by atoms with Crippen molar-refractivity contribution in [3.05, 3.63) is 5.82 Å². The zero-order valence-corrected chi connectivity index (χ0v) is 12.4. The predicted molar refractivity (Wildman–Crippen MR) is 68.4 cm³/mol. The van der Waals surface area contributed by atoms with Gasteiger partial charge in [0.05, 0.1) is 27.9 Å². The molecule has 0 amide bonds. The molecule has 2 unspecified atom stereocenters. The predicted octanol–water partition coefficient (Wildman–Crippen LogP) is -0.225. The van der Waals surface area contributed by atoms with Crippen LogP contribution in [0.15, 0.2) is 0 Å². The molecule has 0 saturated carbocycles. The second-order valence-electron chi connectivity index (χ2n) is 4.43. The van der Waals surface area contributed by atoms with Crippen molar-refractivity contribution in [2.24, 2.45) is 0 Å². The van der Waals surface area contributed by atoms with E-state index < -0.39 is 7.25 Å². The molecule has 22 heavy (non-hydrogen) atoms. The standard InChI is InChI=1S/C10H16N4O3.BF4/c1-14-4-5-17-7(6-14)8-11-9(15-2)13-10(12-8)16-3;2-1(3,4)5/h7H,4-6H2,1-3H3;/q;-1/p+1. The van der Waals surface area contributed by atoms with E-state index in [1.165, 1.54) is 19.1 Å². The zero-order chi connectivity index (χ0) is 16.8. The highest BCUT2D eigenvalue weighted by atomic mass is 19.5. The summed E-state index contributed by atoms with van der Waals surface area (Å²) in [6.07, 6.45) is -0.130. The number of nitrogens with one attached hydrogen (secondary N) is 1. The van der Waals surface area contributed by atoms with Gasteiger partial charge in [-0.3, -0.25) is 0 Å². The molecule has 12 heteroatoms. The lowest BCUT2D eigenvalue weighted by atomic mass is 10.2. The largest absolute Gasteiger partial charge is 0.673 e. The molecule has 0 bridgehead atoms. The highest BCUT2D eigenvalue weighted by molar-refractivity contribution is 6.50. The molecule has 2 heterocycles. The summed E-state index contributed by atoms with van der Waals surface area (Å²) in [6, 6.07) is 0.498. The second kappa shape index (κ2) is 8.08. The third-order valence-corrected chi connectivity index (χ3v) is 2.65. The molecular weight excluding hydrogens is 311 g/mol. The Morgan fingerprint density at radius 1 is 1.09 bits per heavy atom. The Kier molecular flexibility index (Phi) is 6.75. The van der Waals surface area contributed by atoms with Gasteiger partial charge in [0.1, 0.15) is 13.1 Å². The van der Waals surface area contributed by atoms with Crippen molar-refractivity contribution in [2.45, 2.75) is 6.10 Å². The molecule has 1 saturated heterocycles. The molecule has 1 aromatic rings. The summed E-state index contributed by atoms with van der Waals surface area (Å²) in [4.78, 5) is 13.7. The number of nitrogens with zero attached hydrogens (tertiary/aromatic N) is 3. The molecule has 2 rings (SSSR count). The van der Waals surface area contributed by atoms with Gasteiger partial charge in [0.25, 0.3) is 0 Å². The Morgan fingerprint density at radius 2 is 1.59 bits per heavy atom. The molecule has 1 N–H and O–H groups in total. The third kappa shape index (κ3) is 6.85. The van der Waals surface area contributed by atoms with Crippen LogP contribution >= 0.6 is 0 Å². The topological polar surface area (TPSA) is 70.8 Å². The van der Waals surface area contributed by atoms with Crippen molar-refractivity contribution in [2.75, 3.05) is 41.0 Å². The van der Waals surface area contributed by atoms with Crippen LogP contribution in [-0.4, -0.2) is 63.2 Å². The van der Waals surface area contributed by atoms with Gasteiger partial charge in [0.2, 0.25) is 0 Å². The summed E-state index contributed by atoms with van der Waals surface area (Å²) in [6.45, 7) is 2.53. The van der Waals surface area contributed by atoms with E-state index in [-0.39, 0.29) is 18.1 Å². The molecule has 1 aromatic heterocycles. The van der Waals surface area contributed by atoms with Crippen LogP contribution in [0.25, 0.3) is 0 Å². The summed E-state index contributed by atoms with van der Waals surface area (Å²) in [7, 11) is -0.861. The molecule has 1 fully saturated rings. The van der Waals surface area contributed by atoms with Gasteiger partial charge < -0.3 is 36.4 Å². The maximum absolute atomic E-state index is 9.75. The average molecular weight is 328 g/mol. The number of morpholine rings is 1. The molecule has 0 aromatic carbocycles. The maximum atomic E-state index is 9.75. The van der Waals surface area contributed by atoms with E-state index in [0.29, 0.717) is 12.4 Å². The second-order valence-corrected chi connectivity index (χ2v) is 4.43. The lowest BCUT2D eigenvalue weighted by Gasteiger charge is -2.26. The van der Waals surface area contributed by atoms with E-state index in [1.807, 2.05) is 0 Å². The summed E-state index contributed by atoms with van der Waals surface area (Å²) < 4.78 is 54.7. The Bertz CT molecular complexity index is 452. The van der Waals surface area contributed by atoms with Crippen LogP contribution < -0.4 is 14.4 Å². The van der Waals surface area contributed by atoms with E-state index in [1.54, 1.807) is 0 Å². The monoisotopic (exact) mass is 328 g/mol. The molecule has 0 radical (unpaired) electrons. The van der Waals surface area contributed by atoms with E-state index >= 15 is 0 Å². The maximum Gasteiger partial charge on any atom is 0.673 e. The van der Waals surface area contributed by atoms with Crippen molar-refractivity contribution in [3.8, 4) is 12.0 Å². The van der Waals surface area contributed by atoms with Crippen molar-refractivity contribution in [1.82, 2.24) is 15.0 Å². The Balaban J connectivity index is 0.000000422. The van der Waals surface area contributed by atoms with E-state index in [9.17, 15) is 17.3 Å². The summed E-state index contributed by atoms with van der Waals surface area (Å²) >= 11 is 0. The number of hydrogen-bond donors (Lipinski definition) is 1. The number of likely N-dealkylation sites (N-methyl/N-ethyl adjacent to an activating group) is 1. The highest BCUT2D eigenvalue weighted by Crippen LogP contribution is 2.17. The molecule has 1 aliphatic rings. The molecule has 0 aliphatic carbocycles. The highest BCUT2D eigenvalue weighted by Gasteiger charge is 2.26. The van der Waals surface area contributed by atoms with Gasteiger partial charge in [-0.2, -0.15) is 9.97 Å². The van der Waals surface area contributed by atoms with Gasteiger partial charge >= 0.3 is 19.3 Å². The lowest BCUT2D eigenvalue weighted by Crippen LogP contribution is -3.11. The normalized spacial score (nSPS) is 21.6. The molecule has 126 valence electrons. The fraction of sp³-hybridized carbons (Fsp3) is 0.700. The Hall–Kier alpha value is -1.69. The molecule has 7 nitrogen and oxygen atoms in total.